The molecular formula is C19H26N2O5S. The van der Waals surface area contributed by atoms with Gasteiger partial charge in [-0.25, -0.2) is 0 Å². The molecule has 148 valence electrons. The van der Waals surface area contributed by atoms with Crippen molar-refractivity contribution < 1.29 is 24.6 Å². The summed E-state index contributed by atoms with van der Waals surface area (Å²) in [7, 11) is 0. The zero-order chi connectivity index (χ0) is 19.8. The number of nitrogens with one attached hydrogen (secondary N) is 1. The van der Waals surface area contributed by atoms with E-state index in [9.17, 15) is 19.5 Å². The largest absolute Gasteiger partial charge is 0.480 e. The van der Waals surface area contributed by atoms with Crippen LogP contribution >= 0.6 is 12.6 Å². The number of carbonyl (C=O) groups is 3. The smallest absolute Gasteiger partial charge is 0.323 e. The van der Waals surface area contributed by atoms with Crippen molar-refractivity contribution in [1.29, 1.82) is 0 Å². The lowest BCUT2D eigenvalue weighted by Crippen LogP contribution is -2.53. The minimum absolute atomic E-state index is 0.124. The number of aliphatic hydroxyl groups excluding tert-OH is 1. The number of thiol groups is 1. The first-order chi connectivity index (χ1) is 12.9. The molecule has 0 aromatic heterocycles. The molecule has 1 heterocycles. The highest BCUT2D eigenvalue weighted by Crippen LogP contribution is 2.21. The van der Waals surface area contributed by atoms with E-state index in [1.54, 1.807) is 0 Å². The lowest BCUT2D eigenvalue weighted by molar-refractivity contribution is -0.147. The topological polar surface area (TPSA) is 107 Å². The van der Waals surface area contributed by atoms with Gasteiger partial charge in [-0.2, -0.15) is 12.6 Å². The average molecular weight is 394 g/mol. The van der Waals surface area contributed by atoms with E-state index in [0.717, 1.165) is 5.56 Å². The van der Waals surface area contributed by atoms with Gasteiger partial charge in [-0.3, -0.25) is 14.4 Å². The van der Waals surface area contributed by atoms with E-state index in [1.165, 1.54) is 4.90 Å². The third-order valence-electron chi connectivity index (χ3n) is 4.71. The molecule has 1 aromatic rings. The molecule has 0 aliphatic carbocycles. The Kier molecular flexibility index (Phi) is 8.12. The van der Waals surface area contributed by atoms with Gasteiger partial charge in [0, 0.05) is 12.6 Å². The summed E-state index contributed by atoms with van der Waals surface area (Å²) in [6.45, 7) is -0.564. The molecule has 3 atom stereocenters. The molecule has 3 N–H and O–H groups in total. The van der Waals surface area contributed by atoms with Gasteiger partial charge in [0.15, 0.2) is 0 Å². The Morgan fingerprint density at radius 2 is 1.96 bits per heavy atom. The number of carboxylic acid groups (broad SMARTS) is 1. The maximum atomic E-state index is 12.8. The third kappa shape index (κ3) is 6.25. The number of nitrogens with zero attached hydrogens (tertiary/aromatic N) is 1. The first kappa shape index (κ1) is 21.2. The number of hydrogen-bond donors (Lipinski definition) is 4. The molecule has 1 fully saturated rings. The zero-order valence-corrected chi connectivity index (χ0v) is 16.0. The number of aliphatic hydroxyl groups is 1. The standard InChI is InChI=1S/C19H26N2O5S/c22-10-9-14-7-4-8-15(19(26)21(14)12-17(23)24)20-18(25)16(27)11-13-5-2-1-3-6-13/h1-3,5-6,14-16,22,27H,4,7-12H2,(H,20,25)(H,23,24). The predicted molar refractivity (Wildman–Crippen MR) is 104 cm³/mol. The summed E-state index contributed by atoms with van der Waals surface area (Å²) in [4.78, 5) is 37.7. The summed E-state index contributed by atoms with van der Waals surface area (Å²) < 4.78 is 0. The van der Waals surface area contributed by atoms with Gasteiger partial charge in [0.05, 0.1) is 5.25 Å². The molecule has 1 aromatic carbocycles. The van der Waals surface area contributed by atoms with Gasteiger partial charge >= 0.3 is 5.97 Å². The number of likely N-dealkylation sites (tertiary alicyclic amines) is 1. The van der Waals surface area contributed by atoms with Crippen LogP contribution in [0.25, 0.3) is 0 Å². The van der Waals surface area contributed by atoms with Gasteiger partial charge in [0.2, 0.25) is 11.8 Å². The normalized spacial score (nSPS) is 21.4. The van der Waals surface area contributed by atoms with Crippen LogP contribution in [-0.4, -0.2) is 63.4 Å². The van der Waals surface area contributed by atoms with Gasteiger partial charge in [0.1, 0.15) is 12.6 Å². The third-order valence-corrected chi connectivity index (χ3v) is 5.13. The molecule has 7 nitrogen and oxygen atoms in total. The van der Waals surface area contributed by atoms with Crippen molar-refractivity contribution in [3.8, 4) is 0 Å². The predicted octanol–water partition coefficient (Wildman–Crippen LogP) is 0.860. The summed E-state index contributed by atoms with van der Waals surface area (Å²) >= 11 is 4.36. The fourth-order valence-corrected chi connectivity index (χ4v) is 3.64. The van der Waals surface area contributed by atoms with E-state index < -0.39 is 29.7 Å². The molecule has 8 heteroatoms. The first-order valence-electron chi connectivity index (χ1n) is 9.08. The molecule has 0 radical (unpaired) electrons. The van der Waals surface area contributed by atoms with Crippen molar-refractivity contribution in [3.63, 3.8) is 0 Å². The second-order valence-corrected chi connectivity index (χ2v) is 7.35. The van der Waals surface area contributed by atoms with Crippen LogP contribution in [0.5, 0.6) is 0 Å². The molecule has 0 spiro atoms. The number of rotatable bonds is 8. The molecule has 3 unspecified atom stereocenters. The maximum Gasteiger partial charge on any atom is 0.323 e. The van der Waals surface area contributed by atoms with E-state index in [-0.39, 0.29) is 18.6 Å². The summed E-state index contributed by atoms with van der Waals surface area (Å²) in [5.74, 6) is -1.88. The van der Waals surface area contributed by atoms with Gasteiger partial charge in [-0.15, -0.1) is 0 Å². The van der Waals surface area contributed by atoms with Gasteiger partial charge in [0.25, 0.3) is 0 Å². The molecule has 1 saturated heterocycles. The summed E-state index contributed by atoms with van der Waals surface area (Å²) in [5, 5.41) is 20.5. The van der Waals surface area contributed by atoms with Crippen molar-refractivity contribution in [2.45, 2.75) is 49.4 Å². The number of amides is 2. The lowest BCUT2D eigenvalue weighted by atomic mass is 10.1. The first-order valence-corrected chi connectivity index (χ1v) is 9.59. The van der Waals surface area contributed by atoms with Crippen LogP contribution < -0.4 is 5.32 Å². The monoisotopic (exact) mass is 394 g/mol. The molecule has 0 bridgehead atoms. The van der Waals surface area contributed by atoms with Crippen LogP contribution in [0.2, 0.25) is 0 Å². The Morgan fingerprint density at radius 1 is 1.26 bits per heavy atom. The Hall–Kier alpha value is -2.06. The van der Waals surface area contributed by atoms with Gasteiger partial charge in [-0.1, -0.05) is 30.3 Å². The average Bonchev–Trinajstić information content (AvgIpc) is 2.77. The lowest BCUT2D eigenvalue weighted by Gasteiger charge is -2.30. The highest BCUT2D eigenvalue weighted by atomic mass is 32.1. The second-order valence-electron chi connectivity index (χ2n) is 6.72. The van der Waals surface area contributed by atoms with E-state index in [2.05, 4.69) is 17.9 Å². The number of hydrogen-bond acceptors (Lipinski definition) is 5. The SMILES string of the molecule is O=C(O)CN1C(=O)C(NC(=O)C(S)Cc2ccccc2)CCCC1CCO. The maximum absolute atomic E-state index is 12.8. The van der Waals surface area contributed by atoms with Gasteiger partial charge in [-0.05, 0) is 37.7 Å². The van der Waals surface area contributed by atoms with Crippen LogP contribution in [0.15, 0.2) is 30.3 Å². The fourth-order valence-electron chi connectivity index (χ4n) is 3.35. The van der Waals surface area contributed by atoms with Gasteiger partial charge < -0.3 is 20.4 Å². The summed E-state index contributed by atoms with van der Waals surface area (Å²) in [6.07, 6.45) is 2.45. The molecule has 2 rings (SSSR count). The highest BCUT2D eigenvalue weighted by molar-refractivity contribution is 7.81. The molecular weight excluding hydrogens is 368 g/mol. The van der Waals surface area contributed by atoms with E-state index in [4.69, 9.17) is 5.11 Å². The molecule has 27 heavy (non-hydrogen) atoms. The van der Waals surface area contributed by atoms with Crippen molar-refractivity contribution in [2.24, 2.45) is 0 Å². The molecule has 1 aliphatic heterocycles. The van der Waals surface area contributed by atoms with Crippen molar-refractivity contribution >= 4 is 30.4 Å². The van der Waals surface area contributed by atoms with Crippen molar-refractivity contribution in [1.82, 2.24) is 10.2 Å². The minimum Gasteiger partial charge on any atom is -0.480 e. The number of carboxylic acids is 1. The van der Waals surface area contributed by atoms with E-state index in [1.807, 2.05) is 30.3 Å². The minimum atomic E-state index is -1.12. The zero-order valence-electron chi connectivity index (χ0n) is 15.1. The Balaban J connectivity index is 2.04. The van der Waals surface area contributed by atoms with E-state index in [0.29, 0.717) is 32.1 Å². The number of benzene rings is 1. The fraction of sp³-hybridized carbons (Fsp3) is 0.526. The molecule has 0 saturated carbocycles. The number of aliphatic carboxylic acids is 1. The Labute approximate surface area is 164 Å². The van der Waals surface area contributed by atoms with Crippen LogP contribution in [0.4, 0.5) is 0 Å². The molecule has 2 amide bonds. The summed E-state index contributed by atoms with van der Waals surface area (Å²) in [6, 6.07) is 8.35. The van der Waals surface area contributed by atoms with Crippen LogP contribution in [-0.2, 0) is 20.8 Å². The van der Waals surface area contributed by atoms with Crippen LogP contribution in [0.1, 0.15) is 31.2 Å². The van der Waals surface area contributed by atoms with Crippen LogP contribution in [0, 0.1) is 0 Å². The second kappa shape index (κ2) is 10.3. The number of carbonyl (C=O) groups excluding carboxylic acids is 2. The quantitative estimate of drug-likeness (QED) is 0.489. The Morgan fingerprint density at radius 3 is 2.59 bits per heavy atom. The summed E-state index contributed by atoms with van der Waals surface area (Å²) in [5.41, 5.74) is 0.968. The Bertz CT molecular complexity index is 655. The van der Waals surface area contributed by atoms with Crippen molar-refractivity contribution in [3.05, 3.63) is 35.9 Å². The van der Waals surface area contributed by atoms with Crippen molar-refractivity contribution in [2.75, 3.05) is 13.2 Å². The molecule has 1 aliphatic rings. The van der Waals surface area contributed by atoms with Crippen LogP contribution in [0.3, 0.4) is 0 Å². The van der Waals surface area contributed by atoms with E-state index >= 15 is 0 Å². The highest BCUT2D eigenvalue weighted by Gasteiger charge is 2.35.